The van der Waals surface area contributed by atoms with Gasteiger partial charge in [-0.2, -0.15) is 0 Å². The van der Waals surface area contributed by atoms with Crippen LogP contribution in [-0.2, 0) is 57.3 Å². The number of nitrogens with one attached hydrogen (secondary N) is 7. The highest BCUT2D eigenvalue weighted by atomic mass is 35.5. The molecule has 22 N–H and O–H groups in total. The molecule has 9 heterocycles. The van der Waals surface area contributed by atoms with Crippen LogP contribution in [0.25, 0.3) is 11.1 Å². The average Bonchev–Trinajstić information content (AvgIpc) is 1.48. The summed E-state index contributed by atoms with van der Waals surface area (Å²) in [7, 11) is 1.47. The number of epoxide rings is 1. The quantitative estimate of drug-likeness (QED) is 0.0673. The molecule has 1 spiro atoms. The summed E-state index contributed by atoms with van der Waals surface area (Å²) in [4.78, 5) is 128. The summed E-state index contributed by atoms with van der Waals surface area (Å²) >= 11 is 14.1. The van der Waals surface area contributed by atoms with E-state index in [1.165, 1.54) is 70.7 Å². The minimum Gasteiger partial charge on any atom is -0.508 e. The molecule has 1 unspecified atom stereocenters. The summed E-state index contributed by atoms with van der Waals surface area (Å²) in [5.41, 5.74) is 9.45. The fraction of sp³-hybridized carbons (Fsp3) is 0.522. The second kappa shape index (κ2) is 36.4. The second-order valence-corrected chi connectivity index (χ2v) is 37.5. The van der Waals surface area contributed by atoms with Gasteiger partial charge in [0.05, 0.1) is 59.8 Å². The van der Waals surface area contributed by atoms with Gasteiger partial charge in [-0.15, -0.1) is 0 Å². The number of carboxylic acids is 1. The Kier molecular flexibility index (Phi) is 26.4. The van der Waals surface area contributed by atoms with Gasteiger partial charge in [-0.25, -0.2) is 9.59 Å². The van der Waals surface area contributed by atoms with E-state index in [2.05, 4.69) is 51.1 Å². The van der Waals surface area contributed by atoms with Gasteiger partial charge < -0.3 is 142 Å². The molecule has 37 nitrogen and oxygen atoms in total. The first kappa shape index (κ1) is 93.4. The van der Waals surface area contributed by atoms with Gasteiger partial charge in [0.25, 0.3) is 0 Å². The zero-order chi connectivity index (χ0) is 92.9. The van der Waals surface area contributed by atoms with E-state index in [9.17, 15) is 84.9 Å². The van der Waals surface area contributed by atoms with Gasteiger partial charge in [0, 0.05) is 46.2 Å². The van der Waals surface area contributed by atoms with E-state index in [1.54, 1.807) is 12.3 Å². The normalized spacial score (nSPS) is 34.8. The predicted octanol–water partition coefficient (Wildman–Crippen LogP) is 4.36. The van der Waals surface area contributed by atoms with Gasteiger partial charge in [-0.1, -0.05) is 69.1 Å². The molecule has 5 aromatic carbocycles. The fourth-order valence-electron chi connectivity index (χ4n) is 21.2. The van der Waals surface area contributed by atoms with Gasteiger partial charge >= 0.3 is 11.6 Å². The van der Waals surface area contributed by atoms with Gasteiger partial charge in [-0.05, 0) is 202 Å². The van der Waals surface area contributed by atoms with Gasteiger partial charge in [0.1, 0.15) is 95.1 Å². The van der Waals surface area contributed by atoms with Crippen LogP contribution in [0.15, 0.2) is 106 Å². The number of carbonyl (C=O) groups excluding carboxylic acids is 7. The summed E-state index contributed by atoms with van der Waals surface area (Å²) in [6.07, 6.45) is -7.41. The van der Waals surface area contributed by atoms with Crippen LogP contribution in [0.4, 0.5) is 0 Å². The molecule has 27 atom stereocenters. The van der Waals surface area contributed by atoms with Gasteiger partial charge in [0.15, 0.2) is 29.9 Å². The van der Waals surface area contributed by atoms with Crippen molar-refractivity contribution in [2.75, 3.05) is 13.7 Å². The molecule has 4 saturated carbocycles. The van der Waals surface area contributed by atoms with Gasteiger partial charge in [0.2, 0.25) is 53.4 Å². The molecule has 694 valence electrons. The van der Waals surface area contributed by atoms with E-state index in [0.717, 1.165) is 91.9 Å². The number of aliphatic hydroxyl groups is 7. The van der Waals surface area contributed by atoms with E-state index >= 15 is 14.4 Å². The number of hydrogen-bond donors (Lipinski definition) is 20. The van der Waals surface area contributed by atoms with E-state index in [0.29, 0.717) is 29.3 Å². The predicted molar refractivity (Wildman–Crippen MR) is 454 cm³/mol. The van der Waals surface area contributed by atoms with Crippen LogP contribution < -0.4 is 68.5 Å². The second-order valence-electron chi connectivity index (χ2n) is 36.7. The molecular formula is C90H107Cl2N9O28. The topological polar surface area (TPSA) is 593 Å². The van der Waals surface area contributed by atoms with Crippen LogP contribution in [0.3, 0.4) is 0 Å². The molecule has 0 radical (unpaired) electrons. The monoisotopic (exact) mass is 1830 g/mol. The number of carboxylic acid groups (broad SMARTS) is 1. The summed E-state index contributed by atoms with van der Waals surface area (Å²) in [6.45, 7) is 10.6. The number of phenols is 3. The van der Waals surface area contributed by atoms with Crippen molar-refractivity contribution >= 4 is 70.5 Å². The molecule has 7 fully saturated rings. The Bertz CT molecular complexity index is 5410. The Morgan fingerprint density at radius 3 is 1.95 bits per heavy atom. The molecule has 12 aliphatic rings. The Labute approximate surface area is 749 Å². The number of ether oxygens (including phenoxy) is 7. The lowest BCUT2D eigenvalue weighted by molar-refractivity contribution is -0.333. The Morgan fingerprint density at radius 2 is 1.33 bits per heavy atom. The van der Waals surface area contributed by atoms with Gasteiger partial charge in [-0.3, -0.25) is 33.6 Å². The molecule has 1 aromatic heterocycles. The van der Waals surface area contributed by atoms with Crippen molar-refractivity contribution in [2.24, 2.45) is 46.0 Å². The maximum absolute atomic E-state index is 16.0. The number of halogens is 2. The maximum Gasteiger partial charge on any atom is 0.335 e. The minimum atomic E-state index is -2.35. The van der Waals surface area contributed by atoms with Crippen LogP contribution >= 0.6 is 23.2 Å². The molecule has 8 aliphatic heterocycles. The van der Waals surface area contributed by atoms with Crippen molar-refractivity contribution in [3.8, 4) is 57.1 Å². The maximum atomic E-state index is 16.0. The van der Waals surface area contributed by atoms with Crippen molar-refractivity contribution in [2.45, 2.75) is 245 Å². The van der Waals surface area contributed by atoms with E-state index in [-0.39, 0.29) is 69.0 Å². The number of phenolic OH excluding ortho intramolecular Hbond substituents is 3. The summed E-state index contributed by atoms with van der Waals surface area (Å²) in [5, 5.41) is 141. The summed E-state index contributed by atoms with van der Waals surface area (Å²) < 4.78 is 50.1. The number of fused-ring (bicyclic) bond motifs is 18. The van der Waals surface area contributed by atoms with Crippen LogP contribution in [0, 0.1) is 34.5 Å². The van der Waals surface area contributed by atoms with Crippen LogP contribution in [0.2, 0.25) is 10.0 Å². The standard InChI is InChI=1S/C66H75Cl2N9O24.C24H32O4/c1-23(2)12-34(71-5)58(88)76-49-51(83)26-7-10-38(32(67)14-26)97-40-16-28-17-41(55(40)101-65-56(54(86)53(85)42(22-78)99-65)100-44-21-66(4,70)57(87)24(3)96-44)98-39-11-8-27(15-33(39)68)52(84)50-63(93)75-48(64(94)95)31-18-29(79)19-37(81)45(31)30-13-25(6-9-36(30)80)46(60(90)77-50)74-61(91)47(28)73-59(89)35(20-43(69)82)72-62(49)92;1-22-9-7-16(25)11-15(22)4-5-18-17(22)8-10-23(2)19(12-20-24(18,23)28-20)14-3-6-21(26)27-13-14/h6-11,13-19,23-24,34-35,42,44,46-54,56-57,65,71,78-81,83-87H,12,20-22,70H2,1-5H3,(H2,69,82)(H,72,92)(H,73,89)(H,74,91)(H,75,93)(H,76,88)(H,77,90)(H,94,95);3,6,13,15-20,25H,4-5,7-12H2,1-2H3/t24-,34+,35-,42+,44-,46+,47+,48+,49+,50-,51+,52+,53+,54-,56+,57?,65-,66-;15-,16+,17+,18-,19-,20-,22+,23-,24-/m01/s1. The first-order valence-electron chi connectivity index (χ1n) is 43.0. The third kappa shape index (κ3) is 17.9. The first-order valence-corrected chi connectivity index (χ1v) is 43.7. The lowest BCUT2D eigenvalue weighted by Gasteiger charge is -2.61. The number of aromatic hydroxyl groups is 3. The van der Waals surface area contributed by atoms with Crippen molar-refractivity contribution in [1.82, 2.24) is 37.2 Å². The summed E-state index contributed by atoms with van der Waals surface area (Å²) in [5.74, 6) is -13.5. The zero-order valence-electron chi connectivity index (χ0n) is 71.3. The molecule has 18 rings (SSSR count). The Morgan fingerprint density at radius 1 is 0.674 bits per heavy atom. The van der Waals surface area contributed by atoms with Crippen molar-refractivity contribution in [1.29, 1.82) is 0 Å². The first-order chi connectivity index (χ1) is 61.0. The highest BCUT2D eigenvalue weighted by Gasteiger charge is 2.80. The molecule has 4 aliphatic carbocycles. The molecular weight excluding hydrogens is 1730 g/mol. The number of amides is 7. The fourth-order valence-corrected chi connectivity index (χ4v) is 21.7. The van der Waals surface area contributed by atoms with Crippen molar-refractivity contribution < 1.29 is 132 Å². The lowest BCUT2D eigenvalue weighted by Crippen LogP contribution is -2.64. The third-order valence-corrected chi connectivity index (χ3v) is 28.5. The third-order valence-electron chi connectivity index (χ3n) is 28.0. The molecule has 39 heteroatoms. The van der Waals surface area contributed by atoms with E-state index in [4.69, 9.17) is 72.2 Å². The number of likely N-dealkylation sites (N-methyl/N-ethyl adjacent to an activating group) is 1. The number of aliphatic hydroxyl groups excluding tert-OH is 7. The van der Waals surface area contributed by atoms with Crippen molar-refractivity contribution in [3.63, 3.8) is 0 Å². The number of benzene rings is 5. The molecule has 129 heavy (non-hydrogen) atoms. The van der Waals surface area contributed by atoms with E-state index in [1.807, 2.05) is 19.9 Å². The summed E-state index contributed by atoms with van der Waals surface area (Å²) in [6, 6.07) is 2.87. The molecule has 11 bridgehead atoms. The zero-order valence-corrected chi connectivity index (χ0v) is 72.9. The van der Waals surface area contributed by atoms with Crippen LogP contribution in [-0.4, -0.2) is 214 Å². The SMILES string of the molecule is CN[C@H](CC(C)C)C(=O)N[C@H]1C(=O)N[C@@H](CC(N)=O)C(=O)N[C@H]2C(=O)N[C@H]3C(=O)N[C@H](C(=O)N[C@@H](C(=O)O)c4cc(O)cc(O)c4-c4cc3ccc4O)[C@H](O)c3ccc(c(Cl)c3)Oc3cc2cc(c3O[C@@H]2O[C@H](CO)[C@@H](O)[C@H](O)[C@H]2O[C@H]2C[C@](C)(N)C(O)[C@H](C)O2)Oc2ccc(cc2Cl)[C@H]1O.C[C@]12CC[C@H](O)C[C@H]1CC[C@@H]1[C@@H]2CC[C@]2(C)[C@@H](c3ccc(=O)oc3)C[C@H]3O[C@]132. The molecule has 6 aromatic rings. The minimum absolute atomic E-state index is 0.0285. The number of nitrogens with two attached hydrogens (primary N) is 2. The smallest absolute Gasteiger partial charge is 0.335 e. The van der Waals surface area contributed by atoms with Crippen LogP contribution in [0.1, 0.15) is 182 Å². The largest absolute Gasteiger partial charge is 0.508 e. The average molecular weight is 1830 g/mol. The number of carbonyl (C=O) groups is 8. The number of primary amides is 1. The number of hydrogen-bond acceptors (Lipinski definition) is 29. The number of aliphatic carboxylic acids is 1. The molecule has 7 amide bonds. The van der Waals surface area contributed by atoms with Crippen LogP contribution in [0.5, 0.6) is 46.0 Å². The molecule has 3 saturated heterocycles. The lowest BCUT2D eigenvalue weighted by atomic mass is 9.44. The van der Waals surface area contributed by atoms with E-state index < -0.39 is 237 Å². The highest BCUT2D eigenvalue weighted by Crippen LogP contribution is 2.78. The Balaban J connectivity index is 0.000000380. The number of rotatable bonds is 14. The highest BCUT2D eigenvalue weighted by molar-refractivity contribution is 6.32. The Hall–Kier alpha value is -10.3. The van der Waals surface area contributed by atoms with Crippen molar-refractivity contribution in [3.05, 3.63) is 151 Å².